The normalized spacial score (nSPS) is 17.2. The molecule has 2 aliphatic carbocycles. The summed E-state index contributed by atoms with van der Waals surface area (Å²) < 4.78 is 35.6. The van der Waals surface area contributed by atoms with E-state index < -0.39 is 38.6 Å². The lowest BCUT2D eigenvalue weighted by molar-refractivity contribution is 0.0635. The first kappa shape index (κ1) is 29.0. The van der Waals surface area contributed by atoms with Crippen molar-refractivity contribution in [1.29, 1.82) is 0 Å². The van der Waals surface area contributed by atoms with Gasteiger partial charge in [0.25, 0.3) is 0 Å². The molecule has 3 aromatic heterocycles. The Morgan fingerprint density at radius 1 is 1.17 bits per heavy atom. The van der Waals surface area contributed by atoms with E-state index in [0.717, 1.165) is 39.7 Å². The lowest BCUT2D eigenvalue weighted by Crippen LogP contribution is -2.32. The fraction of sp³-hybridized carbons (Fsp3) is 0.367. The molecule has 0 radical (unpaired) electrons. The third-order valence-electron chi connectivity index (χ3n) is 7.17. The Morgan fingerprint density at radius 2 is 1.93 bits per heavy atom. The molecule has 2 saturated carbocycles. The van der Waals surface area contributed by atoms with Crippen LogP contribution in [-0.2, 0) is 20.4 Å². The predicted octanol–water partition coefficient (Wildman–Crippen LogP) is 6.51. The number of sulfonamides is 1. The van der Waals surface area contributed by atoms with E-state index in [1.54, 1.807) is 33.0 Å². The maximum absolute atomic E-state index is 13.2. The first-order chi connectivity index (χ1) is 19.8. The van der Waals surface area contributed by atoms with Crippen LogP contribution < -0.4 is 10.0 Å². The first-order valence-corrected chi connectivity index (χ1v) is 16.4. The van der Waals surface area contributed by atoms with Crippen LogP contribution in [0.2, 0.25) is 5.02 Å². The maximum atomic E-state index is 13.2. The number of rotatable bonds is 8. The minimum Gasteiger partial charge on any atom is -0.444 e. The zero-order valence-corrected chi connectivity index (χ0v) is 25.7. The molecule has 0 saturated heterocycles. The van der Waals surface area contributed by atoms with Crippen molar-refractivity contribution < 1.29 is 23.1 Å². The van der Waals surface area contributed by atoms with Crippen molar-refractivity contribution in [1.82, 2.24) is 14.7 Å². The molecule has 0 bridgehead atoms. The van der Waals surface area contributed by atoms with Crippen LogP contribution in [0.25, 0.3) is 21.3 Å². The molecular formula is C30H31ClN4O5S2. The van der Waals surface area contributed by atoms with E-state index in [1.807, 2.05) is 36.4 Å². The van der Waals surface area contributed by atoms with E-state index >= 15 is 0 Å². The van der Waals surface area contributed by atoms with Gasteiger partial charge in [-0.1, -0.05) is 29.8 Å². The highest BCUT2D eigenvalue weighted by Crippen LogP contribution is 2.46. The van der Waals surface area contributed by atoms with Gasteiger partial charge in [-0.15, -0.1) is 11.3 Å². The van der Waals surface area contributed by atoms with Crippen molar-refractivity contribution in [3.8, 4) is 11.3 Å². The largest absolute Gasteiger partial charge is 0.444 e. The molecule has 6 rings (SSSR count). The lowest BCUT2D eigenvalue weighted by Gasteiger charge is -2.21. The molecule has 220 valence electrons. The number of thiophene rings is 1. The van der Waals surface area contributed by atoms with Crippen LogP contribution in [0.4, 0.5) is 10.6 Å². The molecule has 12 heteroatoms. The van der Waals surface area contributed by atoms with Gasteiger partial charge in [-0.05, 0) is 87.7 Å². The molecule has 42 heavy (non-hydrogen) atoms. The van der Waals surface area contributed by atoms with Gasteiger partial charge in [-0.3, -0.25) is 10.3 Å². The molecule has 3 heterocycles. The number of amides is 1. The smallest absolute Gasteiger partial charge is 0.413 e. The van der Waals surface area contributed by atoms with Crippen molar-refractivity contribution in [2.45, 2.75) is 68.9 Å². The number of fused-ring (bicyclic) bond motifs is 1. The number of benzene rings is 1. The number of ether oxygens (including phenoxy) is 1. The number of pyridine rings is 2. The summed E-state index contributed by atoms with van der Waals surface area (Å²) in [5.41, 5.74) is 1.19. The Balaban J connectivity index is 1.42. The lowest BCUT2D eigenvalue weighted by atomic mass is 10.0. The summed E-state index contributed by atoms with van der Waals surface area (Å²) in [7, 11) is -3.67. The standard InChI is InChI=1S/C30H31ClN4O5S2/c1-29(2,3)40-28(36)34-24-10-9-21(31)25(33-24)26(35-42(38,39)19-7-8-19)23-15-17-5-4-6-20(27(17)41-23)22-16-18(11-14-32-22)30(37)12-13-30/h4-6,9-11,14-16,19,26,35,37H,7-8,12-13H2,1-3H3,(H,33,34,36). The van der Waals surface area contributed by atoms with Crippen molar-refractivity contribution in [2.24, 2.45) is 0 Å². The summed E-state index contributed by atoms with van der Waals surface area (Å²) in [4.78, 5) is 22.3. The number of halogens is 1. The predicted molar refractivity (Wildman–Crippen MR) is 164 cm³/mol. The summed E-state index contributed by atoms with van der Waals surface area (Å²) in [5.74, 6) is 0.181. The van der Waals surface area contributed by atoms with E-state index in [-0.39, 0.29) is 16.5 Å². The number of aromatic nitrogens is 2. The summed E-state index contributed by atoms with van der Waals surface area (Å²) in [6, 6.07) is 13.7. The van der Waals surface area contributed by atoms with Crippen molar-refractivity contribution >= 4 is 55.0 Å². The number of nitrogens with one attached hydrogen (secondary N) is 2. The van der Waals surface area contributed by atoms with Gasteiger partial charge in [0.05, 0.1) is 33.3 Å². The molecule has 1 aromatic carbocycles. The molecule has 4 aromatic rings. The topological polar surface area (TPSA) is 131 Å². The maximum Gasteiger partial charge on any atom is 0.413 e. The third-order valence-corrected chi connectivity index (χ3v) is 10.6. The van der Waals surface area contributed by atoms with E-state index in [4.69, 9.17) is 16.3 Å². The zero-order valence-electron chi connectivity index (χ0n) is 23.3. The monoisotopic (exact) mass is 626 g/mol. The summed E-state index contributed by atoms with van der Waals surface area (Å²) in [5, 5.41) is 14.0. The van der Waals surface area contributed by atoms with E-state index in [2.05, 4.69) is 20.0 Å². The van der Waals surface area contributed by atoms with Crippen LogP contribution in [0.3, 0.4) is 0 Å². The second-order valence-electron chi connectivity index (χ2n) is 11.8. The number of anilines is 1. The highest BCUT2D eigenvalue weighted by molar-refractivity contribution is 7.90. The molecule has 1 unspecified atom stereocenters. The Kier molecular flexibility index (Phi) is 7.30. The van der Waals surface area contributed by atoms with Crippen LogP contribution in [0.5, 0.6) is 0 Å². The van der Waals surface area contributed by atoms with Crippen molar-refractivity contribution in [3.05, 3.63) is 75.9 Å². The molecule has 9 nitrogen and oxygen atoms in total. The Labute approximate surface area is 253 Å². The first-order valence-electron chi connectivity index (χ1n) is 13.7. The molecule has 1 atom stereocenters. The van der Waals surface area contributed by atoms with Gasteiger partial charge < -0.3 is 9.84 Å². The quantitative estimate of drug-likeness (QED) is 0.203. The summed E-state index contributed by atoms with van der Waals surface area (Å²) >= 11 is 8.05. The van der Waals surface area contributed by atoms with Crippen LogP contribution in [0, 0.1) is 0 Å². The number of carbonyl (C=O) groups is 1. The highest BCUT2D eigenvalue weighted by Gasteiger charge is 2.42. The molecule has 0 spiro atoms. The van der Waals surface area contributed by atoms with Crippen molar-refractivity contribution in [3.63, 3.8) is 0 Å². The van der Waals surface area contributed by atoms with Gasteiger partial charge in [0.2, 0.25) is 10.0 Å². The summed E-state index contributed by atoms with van der Waals surface area (Å²) in [6.07, 6.45) is 3.65. The van der Waals surface area contributed by atoms with Gasteiger partial charge in [0.15, 0.2) is 0 Å². The fourth-order valence-electron chi connectivity index (χ4n) is 4.73. The third kappa shape index (κ3) is 6.16. The average molecular weight is 627 g/mol. The second kappa shape index (κ2) is 10.6. The van der Waals surface area contributed by atoms with Gasteiger partial charge in [-0.2, -0.15) is 0 Å². The number of nitrogens with zero attached hydrogens (tertiary/aromatic N) is 2. The number of hydrogen-bond donors (Lipinski definition) is 3. The fourth-order valence-corrected chi connectivity index (χ4v) is 7.77. The van der Waals surface area contributed by atoms with Crippen LogP contribution in [0.1, 0.15) is 68.6 Å². The molecule has 3 N–H and O–H groups in total. The Hall–Kier alpha value is -3.09. The van der Waals surface area contributed by atoms with E-state index in [9.17, 15) is 18.3 Å². The minimum atomic E-state index is -3.67. The number of hydrogen-bond acceptors (Lipinski definition) is 8. The molecule has 1 amide bonds. The Morgan fingerprint density at radius 3 is 2.62 bits per heavy atom. The van der Waals surface area contributed by atoms with Crippen LogP contribution in [0.15, 0.2) is 54.7 Å². The highest BCUT2D eigenvalue weighted by atomic mass is 35.5. The Bertz CT molecular complexity index is 1790. The van der Waals surface area contributed by atoms with Crippen LogP contribution >= 0.6 is 22.9 Å². The second-order valence-corrected chi connectivity index (χ2v) is 15.3. The molecule has 2 aliphatic rings. The zero-order chi connectivity index (χ0) is 29.9. The van der Waals surface area contributed by atoms with Gasteiger partial charge in [0, 0.05) is 21.3 Å². The number of aliphatic hydroxyl groups is 1. The average Bonchev–Trinajstić information content (AvgIpc) is 3.85. The molecule has 2 fully saturated rings. The van der Waals surface area contributed by atoms with Crippen molar-refractivity contribution in [2.75, 3.05) is 5.32 Å². The molecular weight excluding hydrogens is 596 g/mol. The van der Waals surface area contributed by atoms with E-state index in [1.165, 1.54) is 17.4 Å². The number of carbonyl (C=O) groups excluding carboxylic acids is 1. The van der Waals surface area contributed by atoms with Gasteiger partial charge >= 0.3 is 6.09 Å². The minimum absolute atomic E-state index is 0.181. The van der Waals surface area contributed by atoms with Crippen LogP contribution in [-0.4, -0.2) is 40.4 Å². The summed E-state index contributed by atoms with van der Waals surface area (Å²) in [6.45, 7) is 5.27. The van der Waals surface area contributed by atoms with Gasteiger partial charge in [0.1, 0.15) is 11.4 Å². The van der Waals surface area contributed by atoms with Gasteiger partial charge in [-0.25, -0.2) is 22.9 Å². The van der Waals surface area contributed by atoms with E-state index in [0.29, 0.717) is 17.7 Å². The molecule has 0 aliphatic heterocycles. The SMILES string of the molecule is CC(C)(C)OC(=O)Nc1ccc(Cl)c(C(NS(=O)(=O)C2CC2)c2cc3cccc(-c4cc(C5(O)CC5)ccn4)c3s2)n1.